The molecule has 1 saturated carbocycles. The van der Waals surface area contributed by atoms with Gasteiger partial charge in [-0.05, 0) is 50.4 Å². The van der Waals surface area contributed by atoms with Crippen molar-refractivity contribution < 1.29 is 9.53 Å². The molecule has 0 aromatic heterocycles. The summed E-state index contributed by atoms with van der Waals surface area (Å²) in [5, 5.41) is 0. The summed E-state index contributed by atoms with van der Waals surface area (Å²) in [6.07, 6.45) is 27.6. The zero-order chi connectivity index (χ0) is 17.5. The number of rotatable bonds is 13. The first kappa shape index (κ1) is 20.5. The average molecular weight is 331 g/mol. The molecule has 2 atom stereocenters. The van der Waals surface area contributed by atoms with Crippen molar-refractivity contribution in [1.82, 2.24) is 0 Å². The molecule has 0 aromatic rings. The summed E-state index contributed by atoms with van der Waals surface area (Å²) in [4.78, 5) is 11.0. The lowest BCUT2D eigenvalue weighted by Crippen LogP contribution is -1.99. The highest BCUT2D eigenvalue weighted by atomic mass is 16.5. The van der Waals surface area contributed by atoms with Crippen LogP contribution in [0.4, 0.5) is 0 Å². The van der Waals surface area contributed by atoms with Gasteiger partial charge >= 0.3 is 5.97 Å². The third-order valence-corrected chi connectivity index (χ3v) is 4.40. The normalized spacial score (nSPS) is 20.8. The van der Waals surface area contributed by atoms with Gasteiger partial charge in [0.2, 0.25) is 0 Å². The molecule has 0 aromatic carbocycles. The Bertz CT molecular complexity index is 443. The van der Waals surface area contributed by atoms with Crippen molar-refractivity contribution in [1.29, 1.82) is 0 Å². The third-order valence-electron chi connectivity index (χ3n) is 4.40. The van der Waals surface area contributed by atoms with E-state index in [1.807, 2.05) is 0 Å². The second-order valence-corrected chi connectivity index (χ2v) is 6.53. The van der Waals surface area contributed by atoms with Crippen molar-refractivity contribution in [3.8, 4) is 0 Å². The lowest BCUT2D eigenvalue weighted by molar-refractivity contribution is -0.140. The average Bonchev–Trinajstić information content (AvgIpc) is 3.34. The quantitative estimate of drug-likeness (QED) is 0.175. The summed E-state index contributed by atoms with van der Waals surface area (Å²) in [5.41, 5.74) is 0. The molecule has 0 N–H and O–H groups in total. The van der Waals surface area contributed by atoms with Gasteiger partial charge in [0.1, 0.15) is 0 Å². The highest BCUT2D eigenvalue weighted by Crippen LogP contribution is 2.43. The molecule has 0 amide bonds. The predicted molar refractivity (Wildman–Crippen MR) is 103 cm³/mol. The van der Waals surface area contributed by atoms with E-state index in [9.17, 15) is 4.79 Å². The summed E-state index contributed by atoms with van der Waals surface area (Å²) >= 11 is 0. The van der Waals surface area contributed by atoms with Crippen molar-refractivity contribution in [3.63, 3.8) is 0 Å². The van der Waals surface area contributed by atoms with Gasteiger partial charge in [0, 0.05) is 6.42 Å². The maximum absolute atomic E-state index is 11.0. The van der Waals surface area contributed by atoms with Crippen molar-refractivity contribution in [2.24, 2.45) is 11.8 Å². The van der Waals surface area contributed by atoms with Crippen LogP contribution in [0.1, 0.15) is 64.7 Å². The molecule has 1 aliphatic carbocycles. The maximum atomic E-state index is 11.0. The molecule has 0 bridgehead atoms. The Morgan fingerprint density at radius 3 is 2.67 bits per heavy atom. The fourth-order valence-corrected chi connectivity index (χ4v) is 2.75. The second kappa shape index (κ2) is 13.8. The van der Waals surface area contributed by atoms with E-state index in [1.165, 1.54) is 39.2 Å². The van der Waals surface area contributed by atoms with E-state index in [-0.39, 0.29) is 5.97 Å². The minimum absolute atomic E-state index is 0.0896. The van der Waals surface area contributed by atoms with E-state index in [0.717, 1.165) is 25.2 Å². The van der Waals surface area contributed by atoms with Gasteiger partial charge in [-0.3, -0.25) is 4.79 Å². The summed E-state index contributed by atoms with van der Waals surface area (Å²) in [7, 11) is 1.45. The maximum Gasteiger partial charge on any atom is 0.305 e. The van der Waals surface area contributed by atoms with E-state index < -0.39 is 0 Å². The number of allylic oxidation sites excluding steroid dienone is 8. The van der Waals surface area contributed by atoms with Crippen LogP contribution in [0.25, 0.3) is 0 Å². The highest BCUT2D eigenvalue weighted by molar-refractivity contribution is 5.68. The van der Waals surface area contributed by atoms with Crippen LogP contribution in [0.2, 0.25) is 0 Å². The first-order valence-corrected chi connectivity index (χ1v) is 9.49. The largest absolute Gasteiger partial charge is 0.469 e. The van der Waals surface area contributed by atoms with Gasteiger partial charge in [-0.15, -0.1) is 0 Å². The van der Waals surface area contributed by atoms with Crippen molar-refractivity contribution in [2.75, 3.05) is 7.11 Å². The second-order valence-electron chi connectivity index (χ2n) is 6.53. The van der Waals surface area contributed by atoms with Crippen LogP contribution in [0.3, 0.4) is 0 Å². The molecular weight excluding hydrogens is 296 g/mol. The Hall–Kier alpha value is -1.57. The summed E-state index contributed by atoms with van der Waals surface area (Å²) in [6.45, 7) is 2.24. The van der Waals surface area contributed by atoms with Crippen molar-refractivity contribution in [3.05, 3.63) is 48.6 Å². The van der Waals surface area contributed by atoms with Gasteiger partial charge in [0.05, 0.1) is 7.11 Å². The monoisotopic (exact) mass is 330 g/mol. The fourth-order valence-electron chi connectivity index (χ4n) is 2.75. The van der Waals surface area contributed by atoms with Crippen LogP contribution in [0.15, 0.2) is 48.6 Å². The van der Waals surface area contributed by atoms with Gasteiger partial charge in [0.25, 0.3) is 0 Å². The Morgan fingerprint density at radius 1 is 1.04 bits per heavy atom. The minimum atomic E-state index is -0.0896. The van der Waals surface area contributed by atoms with Gasteiger partial charge in [-0.1, -0.05) is 68.4 Å². The van der Waals surface area contributed by atoms with Crippen LogP contribution < -0.4 is 0 Å². The molecule has 0 heterocycles. The lowest BCUT2D eigenvalue weighted by Gasteiger charge is -1.98. The molecular formula is C22H34O2. The molecule has 1 rings (SSSR count). The van der Waals surface area contributed by atoms with Crippen LogP contribution in [0, 0.1) is 11.8 Å². The SMILES string of the molecule is CCCCC/C=C/C\C=C/C=C/C=C/[C@@H]1C[C@H]1CCCC(=O)OC. The number of unbranched alkanes of at least 4 members (excludes halogenated alkanes) is 3. The molecule has 2 nitrogen and oxygen atoms in total. The molecule has 2 heteroatoms. The van der Waals surface area contributed by atoms with E-state index in [1.54, 1.807) is 0 Å². The van der Waals surface area contributed by atoms with E-state index in [2.05, 4.69) is 60.3 Å². The topological polar surface area (TPSA) is 26.3 Å². The first-order chi connectivity index (χ1) is 11.8. The Labute approximate surface area is 148 Å². The minimum Gasteiger partial charge on any atom is -0.469 e. The number of carbonyl (C=O) groups is 1. The van der Waals surface area contributed by atoms with Gasteiger partial charge < -0.3 is 4.74 Å². The molecule has 134 valence electrons. The summed E-state index contributed by atoms with van der Waals surface area (Å²) in [5.74, 6) is 1.39. The molecule has 0 saturated heterocycles. The number of ether oxygens (including phenoxy) is 1. The Balaban J connectivity index is 2.00. The molecule has 1 fully saturated rings. The number of esters is 1. The van der Waals surface area contributed by atoms with Crippen molar-refractivity contribution in [2.45, 2.75) is 64.7 Å². The number of methoxy groups -OCH3 is 1. The fraction of sp³-hybridized carbons (Fsp3) is 0.591. The zero-order valence-corrected chi connectivity index (χ0v) is 15.5. The molecule has 0 spiro atoms. The van der Waals surface area contributed by atoms with E-state index >= 15 is 0 Å². The molecule has 24 heavy (non-hydrogen) atoms. The number of carbonyl (C=O) groups excluding carboxylic acids is 1. The van der Waals surface area contributed by atoms with Crippen LogP contribution >= 0.6 is 0 Å². The summed E-state index contributed by atoms with van der Waals surface area (Å²) in [6, 6.07) is 0. The van der Waals surface area contributed by atoms with Gasteiger partial charge in [-0.25, -0.2) is 0 Å². The van der Waals surface area contributed by atoms with Gasteiger partial charge in [0.15, 0.2) is 0 Å². The van der Waals surface area contributed by atoms with Crippen molar-refractivity contribution >= 4 is 5.97 Å². The van der Waals surface area contributed by atoms with E-state index in [4.69, 9.17) is 0 Å². The van der Waals surface area contributed by atoms with Gasteiger partial charge in [-0.2, -0.15) is 0 Å². The third kappa shape index (κ3) is 11.0. The number of hydrogen-bond acceptors (Lipinski definition) is 2. The molecule has 0 unspecified atom stereocenters. The molecule has 0 aliphatic heterocycles. The standard InChI is InChI=1S/C22H34O2/c1-3-4-5-6-7-8-9-10-11-12-13-14-16-20-19-21(20)17-15-18-22(23)24-2/h7-8,10-14,16,20-21H,3-6,9,15,17-19H2,1-2H3/b8-7+,11-10-,13-12+,16-14+/t20-,21-/m1/s1. The summed E-state index contributed by atoms with van der Waals surface area (Å²) < 4.78 is 4.66. The Kier molecular flexibility index (Phi) is 11.8. The van der Waals surface area contributed by atoms with Crippen LogP contribution in [-0.2, 0) is 9.53 Å². The molecule has 1 aliphatic rings. The highest BCUT2D eigenvalue weighted by Gasteiger charge is 2.33. The first-order valence-electron chi connectivity index (χ1n) is 9.49. The Morgan fingerprint density at radius 2 is 1.88 bits per heavy atom. The van der Waals surface area contributed by atoms with Crippen LogP contribution in [0.5, 0.6) is 0 Å². The van der Waals surface area contributed by atoms with Crippen LogP contribution in [-0.4, -0.2) is 13.1 Å². The predicted octanol–water partition coefficient (Wildman–Crippen LogP) is 6.16. The van der Waals surface area contributed by atoms with E-state index in [0.29, 0.717) is 12.3 Å². The molecule has 0 radical (unpaired) electrons. The lowest BCUT2D eigenvalue weighted by atomic mass is 10.1. The smallest absolute Gasteiger partial charge is 0.305 e. The number of hydrogen-bond donors (Lipinski definition) is 0. The zero-order valence-electron chi connectivity index (χ0n) is 15.5.